The summed E-state index contributed by atoms with van der Waals surface area (Å²) in [4.78, 5) is 2.01. The van der Waals surface area contributed by atoms with Crippen LogP contribution in [0.5, 0.6) is 0 Å². The van der Waals surface area contributed by atoms with E-state index in [1.54, 1.807) is 0 Å². The molecule has 2 rings (SSSR count). The number of aryl methyl sites for hydroxylation is 1. The largest absolute Gasteiger partial charge is 0.361 e. The third-order valence-corrected chi connectivity index (χ3v) is 2.12. The number of hydrogen-bond acceptors (Lipinski definition) is 2. The Labute approximate surface area is 77.4 Å². The van der Waals surface area contributed by atoms with Gasteiger partial charge in [0.1, 0.15) is 0 Å². The van der Waals surface area contributed by atoms with Crippen molar-refractivity contribution in [3.63, 3.8) is 0 Å². The van der Waals surface area contributed by atoms with Gasteiger partial charge >= 0.3 is 0 Å². The molecule has 1 aromatic heterocycles. The quantitative estimate of drug-likeness (QED) is 0.718. The van der Waals surface area contributed by atoms with Gasteiger partial charge < -0.3 is 4.90 Å². The Bertz CT molecular complexity index is 429. The fourth-order valence-electron chi connectivity index (χ4n) is 1.45. The Balaban J connectivity index is 2.71. The predicted octanol–water partition coefficient (Wildman–Crippen LogP) is 1.94. The lowest BCUT2D eigenvalue weighted by atomic mass is 10.2. The fourth-order valence-corrected chi connectivity index (χ4v) is 1.45. The molecule has 0 unspecified atom stereocenters. The normalized spacial score (nSPS) is 10.7. The average molecular weight is 175 g/mol. The number of aromatic amines is 1. The maximum Gasteiger partial charge on any atom is 0.157 e. The molecule has 13 heavy (non-hydrogen) atoms. The molecule has 1 N–H and O–H groups in total. The van der Waals surface area contributed by atoms with Crippen molar-refractivity contribution in [3.05, 3.63) is 23.8 Å². The molecule has 0 fully saturated rings. The lowest BCUT2D eigenvalue weighted by Crippen LogP contribution is -2.09. The number of benzene rings is 1. The van der Waals surface area contributed by atoms with Gasteiger partial charge in [0.2, 0.25) is 0 Å². The van der Waals surface area contributed by atoms with E-state index in [9.17, 15) is 0 Å². The Morgan fingerprint density at radius 2 is 2.08 bits per heavy atom. The fraction of sp³-hybridized carbons (Fsp3) is 0.300. The summed E-state index contributed by atoms with van der Waals surface area (Å²) in [6.45, 7) is 2.09. The first-order valence-electron chi connectivity index (χ1n) is 4.30. The van der Waals surface area contributed by atoms with Gasteiger partial charge in [0.05, 0.1) is 5.52 Å². The minimum Gasteiger partial charge on any atom is -0.361 e. The van der Waals surface area contributed by atoms with Gasteiger partial charge in [-0.05, 0) is 19.1 Å². The van der Waals surface area contributed by atoms with E-state index in [4.69, 9.17) is 0 Å². The van der Waals surface area contributed by atoms with Crippen LogP contribution in [-0.4, -0.2) is 24.3 Å². The molecule has 0 aliphatic rings. The number of hydrogen-bond donors (Lipinski definition) is 1. The van der Waals surface area contributed by atoms with Crippen LogP contribution in [0.2, 0.25) is 0 Å². The van der Waals surface area contributed by atoms with Crippen molar-refractivity contribution < 1.29 is 0 Å². The van der Waals surface area contributed by atoms with Crippen LogP contribution in [-0.2, 0) is 0 Å². The Morgan fingerprint density at radius 1 is 1.31 bits per heavy atom. The van der Waals surface area contributed by atoms with Gasteiger partial charge in [-0.15, -0.1) is 0 Å². The van der Waals surface area contributed by atoms with Crippen molar-refractivity contribution >= 4 is 16.7 Å². The molecular weight excluding hydrogens is 162 g/mol. The van der Waals surface area contributed by atoms with Crippen molar-refractivity contribution in [2.45, 2.75) is 6.92 Å². The lowest BCUT2D eigenvalue weighted by molar-refractivity contribution is 1.02. The van der Waals surface area contributed by atoms with E-state index < -0.39 is 0 Å². The molecule has 0 spiro atoms. The number of H-pyrrole nitrogens is 1. The minimum atomic E-state index is 0.999. The monoisotopic (exact) mass is 175 g/mol. The summed E-state index contributed by atoms with van der Waals surface area (Å²) in [5.41, 5.74) is 2.35. The van der Waals surface area contributed by atoms with Gasteiger partial charge in [0, 0.05) is 19.5 Å². The zero-order valence-electron chi connectivity index (χ0n) is 8.13. The van der Waals surface area contributed by atoms with Crippen LogP contribution in [0.3, 0.4) is 0 Å². The summed E-state index contributed by atoms with van der Waals surface area (Å²) in [7, 11) is 4.00. The van der Waals surface area contributed by atoms with Gasteiger partial charge in [-0.1, -0.05) is 11.6 Å². The molecular formula is C10H13N3. The molecule has 68 valence electrons. The molecule has 0 amide bonds. The first-order valence-corrected chi connectivity index (χ1v) is 4.30. The number of rotatable bonds is 1. The van der Waals surface area contributed by atoms with Crippen molar-refractivity contribution in [2.75, 3.05) is 19.0 Å². The Kier molecular flexibility index (Phi) is 1.72. The molecule has 0 saturated heterocycles. The molecule has 0 bridgehead atoms. The standard InChI is InChI=1S/C10H13N3/c1-7-4-5-9-8(6-7)10(12-11-9)13(2)3/h4-6H,1-3H3,(H,11,12). The third kappa shape index (κ3) is 1.26. The van der Waals surface area contributed by atoms with Crippen molar-refractivity contribution in [3.8, 4) is 0 Å². The highest BCUT2D eigenvalue weighted by Crippen LogP contribution is 2.22. The highest BCUT2D eigenvalue weighted by atomic mass is 15.2. The second-order valence-electron chi connectivity index (χ2n) is 3.49. The summed E-state index contributed by atoms with van der Waals surface area (Å²) < 4.78 is 0. The molecule has 2 aromatic rings. The van der Waals surface area contributed by atoms with Crippen LogP contribution in [0.25, 0.3) is 10.9 Å². The maximum absolute atomic E-state index is 4.24. The highest BCUT2D eigenvalue weighted by molar-refractivity contribution is 5.90. The highest BCUT2D eigenvalue weighted by Gasteiger charge is 2.06. The molecule has 0 radical (unpaired) electrons. The average Bonchev–Trinajstić information content (AvgIpc) is 2.46. The van der Waals surface area contributed by atoms with E-state index >= 15 is 0 Å². The van der Waals surface area contributed by atoms with Gasteiger partial charge in [-0.3, -0.25) is 5.10 Å². The van der Waals surface area contributed by atoms with Crippen LogP contribution in [0.1, 0.15) is 5.56 Å². The van der Waals surface area contributed by atoms with Gasteiger partial charge in [-0.25, -0.2) is 0 Å². The summed E-state index contributed by atoms with van der Waals surface area (Å²) in [5, 5.41) is 8.43. The number of nitrogens with one attached hydrogen (secondary N) is 1. The third-order valence-electron chi connectivity index (χ3n) is 2.12. The minimum absolute atomic E-state index is 0.999. The number of fused-ring (bicyclic) bond motifs is 1. The summed E-state index contributed by atoms with van der Waals surface area (Å²) in [6, 6.07) is 6.29. The second kappa shape index (κ2) is 2.76. The number of nitrogens with zero attached hydrogens (tertiary/aromatic N) is 2. The summed E-state index contributed by atoms with van der Waals surface area (Å²) >= 11 is 0. The summed E-state index contributed by atoms with van der Waals surface area (Å²) in [5.74, 6) is 0.999. The van der Waals surface area contributed by atoms with Crippen molar-refractivity contribution in [2.24, 2.45) is 0 Å². The van der Waals surface area contributed by atoms with Crippen molar-refractivity contribution in [1.82, 2.24) is 10.2 Å². The van der Waals surface area contributed by atoms with E-state index in [1.165, 1.54) is 10.9 Å². The SMILES string of the molecule is Cc1ccc2[nH]nc(N(C)C)c2c1. The second-order valence-corrected chi connectivity index (χ2v) is 3.49. The molecule has 3 nitrogen and oxygen atoms in total. The van der Waals surface area contributed by atoms with Gasteiger partial charge in [-0.2, -0.15) is 5.10 Å². The van der Waals surface area contributed by atoms with Crippen LogP contribution in [0.4, 0.5) is 5.82 Å². The van der Waals surface area contributed by atoms with E-state index in [0.29, 0.717) is 0 Å². The molecule has 0 aliphatic heterocycles. The zero-order valence-corrected chi connectivity index (χ0v) is 8.13. The lowest BCUT2D eigenvalue weighted by Gasteiger charge is -2.07. The summed E-state index contributed by atoms with van der Waals surface area (Å²) in [6.07, 6.45) is 0. The zero-order chi connectivity index (χ0) is 9.42. The molecule has 3 heteroatoms. The van der Waals surface area contributed by atoms with Crippen LogP contribution < -0.4 is 4.90 Å². The number of aromatic nitrogens is 2. The van der Waals surface area contributed by atoms with E-state index in [1.807, 2.05) is 19.0 Å². The van der Waals surface area contributed by atoms with Crippen molar-refractivity contribution in [1.29, 1.82) is 0 Å². The van der Waals surface area contributed by atoms with Gasteiger partial charge in [0.15, 0.2) is 5.82 Å². The van der Waals surface area contributed by atoms with E-state index in [-0.39, 0.29) is 0 Å². The van der Waals surface area contributed by atoms with Crippen LogP contribution >= 0.6 is 0 Å². The smallest absolute Gasteiger partial charge is 0.157 e. The van der Waals surface area contributed by atoms with Gasteiger partial charge in [0.25, 0.3) is 0 Å². The predicted molar refractivity (Wildman–Crippen MR) is 55.2 cm³/mol. The van der Waals surface area contributed by atoms with Crippen LogP contribution in [0.15, 0.2) is 18.2 Å². The first-order chi connectivity index (χ1) is 6.18. The Hall–Kier alpha value is -1.51. The van der Waals surface area contributed by atoms with E-state index in [0.717, 1.165) is 11.3 Å². The molecule has 1 aromatic carbocycles. The number of anilines is 1. The Morgan fingerprint density at radius 3 is 2.77 bits per heavy atom. The van der Waals surface area contributed by atoms with E-state index in [2.05, 4.69) is 35.3 Å². The molecule has 1 heterocycles. The van der Waals surface area contributed by atoms with Crippen LogP contribution in [0, 0.1) is 6.92 Å². The molecule has 0 aliphatic carbocycles. The first kappa shape index (κ1) is 8.10. The molecule has 0 atom stereocenters. The maximum atomic E-state index is 4.24. The molecule has 0 saturated carbocycles. The topological polar surface area (TPSA) is 31.9 Å².